The lowest BCUT2D eigenvalue weighted by Gasteiger charge is -1.95. The van der Waals surface area contributed by atoms with Gasteiger partial charge in [0.25, 0.3) is 0 Å². The first-order chi connectivity index (χ1) is 7.63. The molecule has 0 aliphatic carbocycles. The first-order valence-corrected chi connectivity index (χ1v) is 4.73. The van der Waals surface area contributed by atoms with Crippen LogP contribution in [0.25, 0.3) is 0 Å². The summed E-state index contributed by atoms with van der Waals surface area (Å²) in [5.41, 5.74) is -0.0655. The third-order valence-corrected chi connectivity index (χ3v) is 1.69. The molecule has 0 bridgehead atoms. The van der Waals surface area contributed by atoms with Crippen LogP contribution in [0, 0.1) is 23.5 Å². The molecule has 0 aromatic heterocycles. The smallest absolute Gasteiger partial charge is 0.317 e. The van der Waals surface area contributed by atoms with Crippen LogP contribution < -0.4 is 0 Å². The number of esters is 1. The van der Waals surface area contributed by atoms with Gasteiger partial charge < -0.3 is 4.74 Å². The minimum absolute atomic E-state index is 0.0655. The Labute approximate surface area is 92.2 Å². The SMILES string of the molecule is CCOC(=O)CC#Cc1cc(F)ccc1F. The number of hydrogen-bond donors (Lipinski definition) is 0. The van der Waals surface area contributed by atoms with Crippen molar-refractivity contribution in [2.45, 2.75) is 13.3 Å². The van der Waals surface area contributed by atoms with E-state index in [0.29, 0.717) is 0 Å². The number of carbonyl (C=O) groups is 1. The molecular formula is C12H10F2O2. The zero-order valence-electron chi connectivity index (χ0n) is 8.72. The second-order valence-corrected chi connectivity index (χ2v) is 2.91. The summed E-state index contributed by atoms with van der Waals surface area (Å²) >= 11 is 0. The molecule has 0 saturated heterocycles. The highest BCUT2D eigenvalue weighted by atomic mass is 19.1. The molecule has 1 rings (SSSR count). The van der Waals surface area contributed by atoms with E-state index in [4.69, 9.17) is 0 Å². The Morgan fingerprint density at radius 1 is 1.44 bits per heavy atom. The second-order valence-electron chi connectivity index (χ2n) is 2.91. The topological polar surface area (TPSA) is 26.3 Å². The average Bonchev–Trinajstić information content (AvgIpc) is 2.23. The van der Waals surface area contributed by atoms with E-state index >= 15 is 0 Å². The van der Waals surface area contributed by atoms with E-state index in [2.05, 4.69) is 16.6 Å². The lowest BCUT2D eigenvalue weighted by atomic mass is 10.2. The molecule has 0 spiro atoms. The van der Waals surface area contributed by atoms with Crippen molar-refractivity contribution >= 4 is 5.97 Å². The molecule has 0 radical (unpaired) electrons. The van der Waals surface area contributed by atoms with Gasteiger partial charge in [-0.1, -0.05) is 11.8 Å². The maximum Gasteiger partial charge on any atom is 0.317 e. The summed E-state index contributed by atoms with van der Waals surface area (Å²) in [6, 6.07) is 2.98. The predicted molar refractivity (Wildman–Crippen MR) is 54.5 cm³/mol. The third kappa shape index (κ3) is 3.70. The fourth-order valence-corrected chi connectivity index (χ4v) is 1.02. The van der Waals surface area contributed by atoms with Crippen molar-refractivity contribution in [3.8, 4) is 11.8 Å². The van der Waals surface area contributed by atoms with Crippen LogP contribution in [0.2, 0.25) is 0 Å². The fraction of sp³-hybridized carbons (Fsp3) is 0.250. The first-order valence-electron chi connectivity index (χ1n) is 4.73. The largest absolute Gasteiger partial charge is 0.465 e. The van der Waals surface area contributed by atoms with Crippen LogP contribution >= 0.6 is 0 Å². The van der Waals surface area contributed by atoms with Crippen molar-refractivity contribution in [3.63, 3.8) is 0 Å². The van der Waals surface area contributed by atoms with Crippen LogP contribution in [-0.2, 0) is 9.53 Å². The highest BCUT2D eigenvalue weighted by Crippen LogP contribution is 2.07. The van der Waals surface area contributed by atoms with Crippen LogP contribution in [0.5, 0.6) is 0 Å². The van der Waals surface area contributed by atoms with Gasteiger partial charge in [-0.2, -0.15) is 0 Å². The van der Waals surface area contributed by atoms with E-state index in [1.165, 1.54) is 0 Å². The lowest BCUT2D eigenvalue weighted by molar-refractivity contribution is -0.141. The molecule has 84 valence electrons. The van der Waals surface area contributed by atoms with E-state index < -0.39 is 17.6 Å². The molecule has 0 aliphatic heterocycles. The van der Waals surface area contributed by atoms with Crippen molar-refractivity contribution in [1.29, 1.82) is 0 Å². The Kier molecular flexibility index (Phi) is 4.46. The van der Waals surface area contributed by atoms with Crippen LogP contribution in [0.1, 0.15) is 18.9 Å². The summed E-state index contributed by atoms with van der Waals surface area (Å²) in [6.07, 6.45) is -0.135. The van der Waals surface area contributed by atoms with Gasteiger partial charge in [0, 0.05) is 0 Å². The number of halogens is 2. The first kappa shape index (κ1) is 12.2. The Hall–Kier alpha value is -1.89. The minimum atomic E-state index is -0.613. The van der Waals surface area contributed by atoms with Gasteiger partial charge in [0.15, 0.2) is 0 Å². The van der Waals surface area contributed by atoms with Crippen molar-refractivity contribution in [3.05, 3.63) is 35.4 Å². The standard InChI is InChI=1S/C12H10F2O2/c1-2-16-12(15)5-3-4-9-8-10(13)6-7-11(9)14/h6-8H,2,5H2,1H3. The highest BCUT2D eigenvalue weighted by molar-refractivity contribution is 5.72. The summed E-state index contributed by atoms with van der Waals surface area (Å²) in [7, 11) is 0. The molecule has 0 unspecified atom stereocenters. The zero-order chi connectivity index (χ0) is 12.0. The van der Waals surface area contributed by atoms with Gasteiger partial charge in [-0.25, -0.2) is 8.78 Å². The highest BCUT2D eigenvalue weighted by Gasteiger charge is 2.01. The minimum Gasteiger partial charge on any atom is -0.465 e. The Balaban J connectivity index is 2.69. The molecular weight excluding hydrogens is 214 g/mol. The molecule has 0 N–H and O–H groups in total. The summed E-state index contributed by atoms with van der Waals surface area (Å²) in [6.45, 7) is 1.95. The number of ether oxygens (including phenoxy) is 1. The van der Waals surface area contributed by atoms with Gasteiger partial charge >= 0.3 is 5.97 Å². The summed E-state index contributed by atoms with van der Waals surface area (Å²) in [4.78, 5) is 10.9. The van der Waals surface area contributed by atoms with Gasteiger partial charge in [-0.3, -0.25) is 4.79 Å². The van der Waals surface area contributed by atoms with Gasteiger partial charge in [-0.15, -0.1) is 0 Å². The van der Waals surface area contributed by atoms with Crippen molar-refractivity contribution in [2.75, 3.05) is 6.61 Å². The van der Waals surface area contributed by atoms with Crippen molar-refractivity contribution < 1.29 is 18.3 Å². The maximum absolute atomic E-state index is 13.1. The third-order valence-electron chi connectivity index (χ3n) is 1.69. The summed E-state index contributed by atoms with van der Waals surface area (Å²) < 4.78 is 30.4. The van der Waals surface area contributed by atoms with E-state index in [9.17, 15) is 13.6 Å². The Morgan fingerprint density at radius 3 is 2.88 bits per heavy atom. The number of benzene rings is 1. The van der Waals surface area contributed by atoms with E-state index in [1.807, 2.05) is 0 Å². The molecule has 16 heavy (non-hydrogen) atoms. The molecule has 1 aromatic rings. The molecule has 0 aliphatic rings. The monoisotopic (exact) mass is 224 g/mol. The number of rotatable bonds is 2. The van der Waals surface area contributed by atoms with Gasteiger partial charge in [0.2, 0.25) is 0 Å². The molecule has 1 aromatic carbocycles. The summed E-state index contributed by atoms with van der Waals surface area (Å²) in [5, 5.41) is 0. The average molecular weight is 224 g/mol. The van der Waals surface area contributed by atoms with Crippen LogP contribution in [0.4, 0.5) is 8.78 Å². The fourth-order valence-electron chi connectivity index (χ4n) is 1.02. The Bertz CT molecular complexity index is 444. The van der Waals surface area contributed by atoms with E-state index in [0.717, 1.165) is 18.2 Å². The van der Waals surface area contributed by atoms with Gasteiger partial charge in [0.05, 0.1) is 12.2 Å². The van der Waals surface area contributed by atoms with Crippen molar-refractivity contribution in [1.82, 2.24) is 0 Å². The van der Waals surface area contributed by atoms with Crippen LogP contribution in [0.15, 0.2) is 18.2 Å². The van der Waals surface area contributed by atoms with Crippen molar-refractivity contribution in [2.24, 2.45) is 0 Å². The molecule has 0 fully saturated rings. The molecule has 4 heteroatoms. The molecule has 2 nitrogen and oxygen atoms in total. The molecule has 0 heterocycles. The predicted octanol–water partition coefficient (Wildman–Crippen LogP) is 2.27. The molecule has 0 amide bonds. The van der Waals surface area contributed by atoms with Crippen LogP contribution in [0.3, 0.4) is 0 Å². The van der Waals surface area contributed by atoms with Gasteiger partial charge in [-0.05, 0) is 25.1 Å². The Morgan fingerprint density at radius 2 is 2.19 bits per heavy atom. The maximum atomic E-state index is 13.1. The molecule has 0 atom stereocenters. The quantitative estimate of drug-likeness (QED) is 0.569. The van der Waals surface area contributed by atoms with Crippen LogP contribution in [-0.4, -0.2) is 12.6 Å². The van der Waals surface area contributed by atoms with E-state index in [-0.39, 0.29) is 18.6 Å². The van der Waals surface area contributed by atoms with E-state index in [1.54, 1.807) is 6.92 Å². The second kappa shape index (κ2) is 5.86. The number of carbonyl (C=O) groups excluding carboxylic acids is 1. The zero-order valence-corrected chi connectivity index (χ0v) is 8.72. The summed E-state index contributed by atoms with van der Waals surface area (Å²) in [5.74, 6) is 3.14. The lowest BCUT2D eigenvalue weighted by Crippen LogP contribution is -2.01. The normalized spacial score (nSPS) is 9.19. The number of hydrogen-bond acceptors (Lipinski definition) is 2. The van der Waals surface area contributed by atoms with Gasteiger partial charge in [0.1, 0.15) is 18.1 Å². The molecule has 0 saturated carbocycles.